The van der Waals surface area contributed by atoms with Crippen LogP contribution in [-0.2, 0) is 14.3 Å². The van der Waals surface area contributed by atoms with Gasteiger partial charge in [-0.25, -0.2) is 0 Å². The smallest absolute Gasteiger partial charge is 0.309 e. The van der Waals surface area contributed by atoms with Crippen molar-refractivity contribution in [3.8, 4) is 11.1 Å². The average molecular weight is 434 g/mol. The minimum atomic E-state index is -0.314. The number of esters is 1. The van der Waals surface area contributed by atoms with Crippen molar-refractivity contribution in [3.05, 3.63) is 59.2 Å². The lowest BCUT2D eigenvalue weighted by atomic mass is 9.97. The molecular formula is C25H26N2O5. The number of rotatable bonds is 5. The van der Waals surface area contributed by atoms with E-state index in [0.29, 0.717) is 49.2 Å². The van der Waals surface area contributed by atoms with Crippen LogP contribution in [0.15, 0.2) is 42.5 Å². The molecule has 32 heavy (non-hydrogen) atoms. The van der Waals surface area contributed by atoms with Crippen molar-refractivity contribution in [2.24, 2.45) is 5.92 Å². The summed E-state index contributed by atoms with van der Waals surface area (Å²) in [7, 11) is 1.58. The quantitative estimate of drug-likeness (QED) is 0.577. The average Bonchev–Trinajstić information content (AvgIpc) is 3.10. The summed E-state index contributed by atoms with van der Waals surface area (Å²) < 4.78 is 5.06. The van der Waals surface area contributed by atoms with E-state index in [1.54, 1.807) is 43.1 Å². The van der Waals surface area contributed by atoms with Gasteiger partial charge < -0.3 is 14.5 Å². The van der Waals surface area contributed by atoms with Crippen molar-refractivity contribution in [2.75, 3.05) is 33.3 Å². The zero-order chi connectivity index (χ0) is 22.8. The van der Waals surface area contributed by atoms with E-state index in [4.69, 9.17) is 4.74 Å². The molecule has 0 radical (unpaired) electrons. The highest BCUT2D eigenvalue weighted by molar-refractivity contribution is 6.22. The summed E-state index contributed by atoms with van der Waals surface area (Å²) in [5.41, 5.74) is 3.23. The summed E-state index contributed by atoms with van der Waals surface area (Å²) in [6.45, 7) is 3.00. The molecule has 166 valence electrons. The van der Waals surface area contributed by atoms with Crippen LogP contribution in [0, 0.1) is 5.92 Å². The number of ketones is 1. The zero-order valence-electron chi connectivity index (χ0n) is 18.3. The summed E-state index contributed by atoms with van der Waals surface area (Å²) in [5, 5.41) is 0. The Balaban J connectivity index is 1.38. The Hall–Kier alpha value is -3.48. The van der Waals surface area contributed by atoms with E-state index in [9.17, 15) is 19.2 Å². The van der Waals surface area contributed by atoms with Gasteiger partial charge in [-0.1, -0.05) is 30.3 Å². The first kappa shape index (κ1) is 21.7. The Labute approximate surface area is 187 Å². The fraction of sp³-hybridized carbons (Fsp3) is 0.360. The second-order valence-corrected chi connectivity index (χ2v) is 8.20. The largest absolute Gasteiger partial charge is 0.466 e. The number of carbonyl (C=O) groups excluding carboxylic acids is 4. The first-order valence-electron chi connectivity index (χ1n) is 10.9. The molecular weight excluding hydrogens is 408 g/mol. The van der Waals surface area contributed by atoms with Gasteiger partial charge in [0.05, 0.1) is 19.1 Å². The molecule has 2 aliphatic rings. The van der Waals surface area contributed by atoms with Crippen molar-refractivity contribution in [3.63, 3.8) is 0 Å². The minimum absolute atomic E-state index is 0.0613. The van der Waals surface area contributed by atoms with E-state index in [2.05, 4.69) is 0 Å². The van der Waals surface area contributed by atoms with Crippen LogP contribution >= 0.6 is 0 Å². The van der Waals surface area contributed by atoms with Crippen molar-refractivity contribution in [1.29, 1.82) is 0 Å². The fourth-order valence-corrected chi connectivity index (χ4v) is 4.38. The number of hydrogen-bond donors (Lipinski definition) is 0. The molecule has 1 aliphatic heterocycles. The number of amides is 2. The zero-order valence-corrected chi connectivity index (χ0v) is 18.3. The second kappa shape index (κ2) is 8.94. The van der Waals surface area contributed by atoms with Crippen molar-refractivity contribution >= 4 is 23.6 Å². The Morgan fingerprint density at radius 1 is 1.00 bits per heavy atom. The minimum Gasteiger partial charge on any atom is -0.466 e. The molecule has 1 saturated heterocycles. The molecule has 1 heterocycles. The van der Waals surface area contributed by atoms with Crippen LogP contribution in [0.4, 0.5) is 0 Å². The molecule has 0 spiro atoms. The molecule has 0 atom stereocenters. The predicted molar refractivity (Wildman–Crippen MR) is 118 cm³/mol. The maximum atomic E-state index is 12.9. The molecule has 4 rings (SSSR count). The summed E-state index contributed by atoms with van der Waals surface area (Å²) >= 11 is 0. The Morgan fingerprint density at radius 3 is 2.34 bits per heavy atom. The summed E-state index contributed by atoms with van der Waals surface area (Å²) in [4.78, 5) is 53.3. The Kier molecular flexibility index (Phi) is 6.08. The Bertz CT molecular complexity index is 1090. The first-order valence-corrected chi connectivity index (χ1v) is 10.9. The lowest BCUT2D eigenvalue weighted by Crippen LogP contribution is -2.45. The molecule has 1 fully saturated rings. The van der Waals surface area contributed by atoms with Gasteiger partial charge in [0.2, 0.25) is 5.91 Å². The maximum absolute atomic E-state index is 12.9. The number of ether oxygens (including phenoxy) is 1. The van der Waals surface area contributed by atoms with Crippen molar-refractivity contribution in [1.82, 2.24) is 9.80 Å². The van der Waals surface area contributed by atoms with E-state index in [1.807, 2.05) is 18.2 Å². The van der Waals surface area contributed by atoms with Gasteiger partial charge in [0.25, 0.3) is 5.91 Å². The second-order valence-electron chi connectivity index (χ2n) is 8.20. The maximum Gasteiger partial charge on any atom is 0.309 e. The monoisotopic (exact) mass is 434 g/mol. The molecule has 2 amide bonds. The van der Waals surface area contributed by atoms with Gasteiger partial charge in [0, 0.05) is 36.8 Å². The number of nitrogens with zero attached hydrogens (tertiary/aromatic N) is 2. The van der Waals surface area contributed by atoms with Gasteiger partial charge in [0.1, 0.15) is 0 Å². The number of piperidine rings is 1. The topological polar surface area (TPSA) is 84.0 Å². The van der Waals surface area contributed by atoms with Gasteiger partial charge in [-0.05, 0) is 43.0 Å². The third kappa shape index (κ3) is 4.02. The lowest BCUT2D eigenvalue weighted by Gasteiger charge is -2.32. The normalized spacial score (nSPS) is 15.2. The van der Waals surface area contributed by atoms with E-state index in [-0.39, 0.29) is 36.0 Å². The number of likely N-dealkylation sites (N-methyl/N-ethyl adjacent to an activating group) is 1. The summed E-state index contributed by atoms with van der Waals surface area (Å²) in [6.07, 6.45) is 1.13. The molecule has 0 aromatic heterocycles. The lowest BCUT2D eigenvalue weighted by molar-refractivity contribution is -0.151. The van der Waals surface area contributed by atoms with E-state index in [0.717, 1.165) is 11.1 Å². The van der Waals surface area contributed by atoms with Crippen LogP contribution in [0.3, 0.4) is 0 Å². The van der Waals surface area contributed by atoms with Crippen molar-refractivity contribution in [2.45, 2.75) is 19.8 Å². The standard InChI is InChI=1S/C25H26N2O5/c1-3-32-25(31)16-10-12-27(13-11-16)22(28)15-26(2)24(30)17-8-9-19-18-6-4-5-7-20(18)23(29)21(19)14-17/h4-9,14,16H,3,10-13,15H2,1-2H3. The van der Waals surface area contributed by atoms with Gasteiger partial charge in [-0.3, -0.25) is 19.2 Å². The number of fused-ring (bicyclic) bond motifs is 3. The highest BCUT2D eigenvalue weighted by atomic mass is 16.5. The SMILES string of the molecule is CCOC(=O)C1CCN(C(=O)CN(C)C(=O)c2ccc3c(c2)C(=O)c2ccccc2-3)CC1. The number of carbonyl (C=O) groups is 4. The molecule has 2 aromatic rings. The van der Waals surface area contributed by atoms with Gasteiger partial charge in [-0.2, -0.15) is 0 Å². The molecule has 0 N–H and O–H groups in total. The molecule has 1 aliphatic carbocycles. The van der Waals surface area contributed by atoms with Gasteiger partial charge in [0.15, 0.2) is 5.78 Å². The molecule has 7 heteroatoms. The van der Waals surface area contributed by atoms with E-state index >= 15 is 0 Å². The van der Waals surface area contributed by atoms with Gasteiger partial charge in [-0.15, -0.1) is 0 Å². The van der Waals surface area contributed by atoms with Crippen LogP contribution in [-0.4, -0.2) is 66.7 Å². The number of hydrogen-bond acceptors (Lipinski definition) is 5. The summed E-state index contributed by atoms with van der Waals surface area (Å²) in [6, 6.07) is 12.5. The highest BCUT2D eigenvalue weighted by Gasteiger charge is 2.30. The van der Waals surface area contributed by atoms with Crippen LogP contribution in [0.25, 0.3) is 11.1 Å². The number of likely N-dealkylation sites (tertiary alicyclic amines) is 1. The van der Waals surface area contributed by atoms with Crippen LogP contribution < -0.4 is 0 Å². The summed E-state index contributed by atoms with van der Waals surface area (Å²) in [5.74, 6) is -0.945. The highest BCUT2D eigenvalue weighted by Crippen LogP contribution is 2.36. The van der Waals surface area contributed by atoms with Crippen molar-refractivity contribution < 1.29 is 23.9 Å². The fourth-order valence-electron chi connectivity index (χ4n) is 4.38. The molecule has 0 bridgehead atoms. The molecule has 0 saturated carbocycles. The molecule has 0 unspecified atom stereocenters. The third-order valence-corrected chi connectivity index (χ3v) is 6.16. The third-order valence-electron chi connectivity index (χ3n) is 6.16. The predicted octanol–water partition coefficient (Wildman–Crippen LogP) is 2.77. The first-order chi connectivity index (χ1) is 15.4. The Morgan fingerprint density at radius 2 is 1.66 bits per heavy atom. The van der Waals surface area contributed by atoms with E-state index < -0.39 is 0 Å². The van der Waals surface area contributed by atoms with Gasteiger partial charge >= 0.3 is 5.97 Å². The molecule has 7 nitrogen and oxygen atoms in total. The van der Waals surface area contributed by atoms with Crippen LogP contribution in [0.1, 0.15) is 46.0 Å². The van der Waals surface area contributed by atoms with Crippen LogP contribution in [0.2, 0.25) is 0 Å². The van der Waals surface area contributed by atoms with Crippen LogP contribution in [0.5, 0.6) is 0 Å². The number of benzene rings is 2. The van der Waals surface area contributed by atoms with E-state index in [1.165, 1.54) is 4.90 Å². The molecule has 2 aromatic carbocycles.